The van der Waals surface area contributed by atoms with Gasteiger partial charge in [-0.15, -0.1) is 0 Å². The van der Waals surface area contributed by atoms with Crippen LogP contribution < -0.4 is 5.32 Å². The summed E-state index contributed by atoms with van der Waals surface area (Å²) in [6.45, 7) is 6.10. The van der Waals surface area contributed by atoms with Crippen LogP contribution in [0.25, 0.3) is 0 Å². The Labute approximate surface area is 142 Å². The molecule has 130 valence electrons. The fourth-order valence-corrected chi connectivity index (χ4v) is 2.91. The molecule has 0 saturated carbocycles. The molecule has 1 aromatic rings. The van der Waals surface area contributed by atoms with Crippen LogP contribution in [-0.2, 0) is 27.2 Å². The number of carbonyl (C=O) groups excluding carboxylic acids is 3. The van der Waals surface area contributed by atoms with Gasteiger partial charge in [0.2, 0.25) is 18.2 Å². The Morgan fingerprint density at radius 2 is 1.67 bits per heavy atom. The van der Waals surface area contributed by atoms with Crippen molar-refractivity contribution in [1.82, 2.24) is 9.80 Å². The number of rotatable bonds is 6. The third-order valence-corrected chi connectivity index (χ3v) is 4.39. The minimum atomic E-state index is -0.284. The van der Waals surface area contributed by atoms with Crippen molar-refractivity contribution in [2.75, 3.05) is 31.5 Å². The second kappa shape index (κ2) is 8.47. The Balaban J connectivity index is 1.96. The lowest BCUT2D eigenvalue weighted by Gasteiger charge is -2.32. The Morgan fingerprint density at radius 3 is 2.17 bits per heavy atom. The molecule has 0 spiro atoms. The number of hydrogen-bond acceptors (Lipinski definition) is 3. The van der Waals surface area contributed by atoms with E-state index in [4.69, 9.17) is 0 Å². The Kier molecular flexibility index (Phi) is 6.35. The fraction of sp³-hybridized carbons (Fsp3) is 0.500. The molecular formula is C18H25N3O3. The molecule has 0 aliphatic carbocycles. The van der Waals surface area contributed by atoms with Crippen molar-refractivity contribution in [2.24, 2.45) is 0 Å². The standard InChI is InChI=1S/C18H25N3O3/c1-3-14-6-5-7-15(4-2)18(14)19-16(23)12-17(24)21-10-8-20(13-22)9-11-21/h5-7,13H,3-4,8-12H2,1-2H3,(H,19,23). The number of benzene rings is 1. The topological polar surface area (TPSA) is 69.7 Å². The zero-order chi connectivity index (χ0) is 17.5. The third-order valence-electron chi connectivity index (χ3n) is 4.39. The van der Waals surface area contributed by atoms with E-state index in [-0.39, 0.29) is 18.2 Å². The van der Waals surface area contributed by atoms with Gasteiger partial charge in [0.15, 0.2) is 0 Å². The summed E-state index contributed by atoms with van der Waals surface area (Å²) < 4.78 is 0. The highest BCUT2D eigenvalue weighted by Crippen LogP contribution is 2.22. The van der Waals surface area contributed by atoms with Gasteiger partial charge in [0, 0.05) is 31.9 Å². The number of aryl methyl sites for hydroxylation is 2. The quantitative estimate of drug-likeness (QED) is 0.633. The molecule has 1 heterocycles. The average Bonchev–Trinajstić information content (AvgIpc) is 2.61. The van der Waals surface area contributed by atoms with E-state index in [1.165, 1.54) is 0 Å². The molecule has 1 fully saturated rings. The second-order valence-corrected chi connectivity index (χ2v) is 5.91. The van der Waals surface area contributed by atoms with Crippen molar-refractivity contribution in [3.05, 3.63) is 29.3 Å². The van der Waals surface area contributed by atoms with Gasteiger partial charge < -0.3 is 15.1 Å². The van der Waals surface area contributed by atoms with Gasteiger partial charge in [-0.05, 0) is 24.0 Å². The molecule has 1 aliphatic rings. The van der Waals surface area contributed by atoms with Crippen LogP contribution in [-0.4, -0.2) is 54.2 Å². The SMILES string of the molecule is CCc1cccc(CC)c1NC(=O)CC(=O)N1CCN(C=O)CC1. The number of nitrogens with zero attached hydrogens (tertiary/aromatic N) is 2. The second-order valence-electron chi connectivity index (χ2n) is 5.91. The van der Waals surface area contributed by atoms with Crippen LogP contribution in [0.1, 0.15) is 31.4 Å². The summed E-state index contributed by atoms with van der Waals surface area (Å²) in [5.41, 5.74) is 3.00. The van der Waals surface area contributed by atoms with Crippen molar-refractivity contribution in [1.29, 1.82) is 0 Å². The molecule has 0 atom stereocenters. The number of amides is 3. The maximum Gasteiger partial charge on any atom is 0.233 e. The van der Waals surface area contributed by atoms with Crippen molar-refractivity contribution in [2.45, 2.75) is 33.1 Å². The molecule has 0 aromatic heterocycles. The fourth-order valence-electron chi connectivity index (χ4n) is 2.91. The largest absolute Gasteiger partial charge is 0.342 e. The first kappa shape index (κ1) is 18.0. The molecule has 3 amide bonds. The zero-order valence-electron chi connectivity index (χ0n) is 14.4. The molecule has 24 heavy (non-hydrogen) atoms. The first-order valence-corrected chi connectivity index (χ1v) is 8.46. The van der Waals surface area contributed by atoms with E-state index in [1.54, 1.807) is 9.80 Å². The van der Waals surface area contributed by atoms with Crippen molar-refractivity contribution in [3.63, 3.8) is 0 Å². The maximum absolute atomic E-state index is 12.3. The lowest BCUT2D eigenvalue weighted by molar-refractivity contribution is -0.137. The van der Waals surface area contributed by atoms with Gasteiger partial charge in [0.25, 0.3) is 0 Å². The number of hydrogen-bond donors (Lipinski definition) is 1. The number of piperazine rings is 1. The Hall–Kier alpha value is -2.37. The third kappa shape index (κ3) is 4.34. The van der Waals surface area contributed by atoms with Crippen LogP contribution in [0.3, 0.4) is 0 Å². The molecule has 0 radical (unpaired) electrons. The summed E-state index contributed by atoms with van der Waals surface area (Å²) in [4.78, 5) is 38.5. The van der Waals surface area contributed by atoms with Crippen LogP contribution in [0.2, 0.25) is 0 Å². The van der Waals surface area contributed by atoms with Gasteiger partial charge in [-0.3, -0.25) is 14.4 Å². The summed E-state index contributed by atoms with van der Waals surface area (Å²) in [6.07, 6.45) is 2.28. The van der Waals surface area contributed by atoms with Crippen molar-refractivity contribution in [3.8, 4) is 0 Å². The summed E-state index contributed by atoms with van der Waals surface area (Å²) >= 11 is 0. The highest BCUT2D eigenvalue weighted by molar-refractivity contribution is 6.04. The minimum Gasteiger partial charge on any atom is -0.342 e. The predicted octanol–water partition coefficient (Wildman–Crippen LogP) is 1.44. The van der Waals surface area contributed by atoms with E-state index in [0.717, 1.165) is 36.1 Å². The molecule has 1 aromatic carbocycles. The Morgan fingerprint density at radius 1 is 1.08 bits per heavy atom. The number of nitrogens with one attached hydrogen (secondary N) is 1. The highest BCUT2D eigenvalue weighted by atomic mass is 16.2. The minimum absolute atomic E-state index is 0.164. The lowest BCUT2D eigenvalue weighted by Crippen LogP contribution is -2.48. The summed E-state index contributed by atoms with van der Waals surface area (Å²) in [6, 6.07) is 5.98. The number of anilines is 1. The monoisotopic (exact) mass is 331 g/mol. The van der Waals surface area contributed by atoms with E-state index in [9.17, 15) is 14.4 Å². The van der Waals surface area contributed by atoms with E-state index >= 15 is 0 Å². The smallest absolute Gasteiger partial charge is 0.233 e. The van der Waals surface area contributed by atoms with Gasteiger partial charge in [-0.2, -0.15) is 0 Å². The molecule has 6 nitrogen and oxygen atoms in total. The first-order valence-electron chi connectivity index (χ1n) is 8.46. The molecule has 2 rings (SSSR count). The van der Waals surface area contributed by atoms with Gasteiger partial charge in [-0.25, -0.2) is 0 Å². The summed E-state index contributed by atoms with van der Waals surface area (Å²) in [7, 11) is 0. The average molecular weight is 331 g/mol. The highest BCUT2D eigenvalue weighted by Gasteiger charge is 2.22. The normalized spacial score (nSPS) is 14.4. The summed E-state index contributed by atoms with van der Waals surface area (Å²) in [5, 5.41) is 2.92. The van der Waals surface area contributed by atoms with Gasteiger partial charge in [-0.1, -0.05) is 32.0 Å². The lowest BCUT2D eigenvalue weighted by atomic mass is 10.0. The molecule has 0 bridgehead atoms. The van der Waals surface area contributed by atoms with Gasteiger partial charge >= 0.3 is 0 Å². The van der Waals surface area contributed by atoms with Gasteiger partial charge in [0.05, 0.1) is 0 Å². The van der Waals surface area contributed by atoms with E-state index in [2.05, 4.69) is 5.32 Å². The molecular weight excluding hydrogens is 306 g/mol. The molecule has 0 unspecified atom stereocenters. The van der Waals surface area contributed by atoms with Gasteiger partial charge in [0.1, 0.15) is 6.42 Å². The maximum atomic E-state index is 12.3. The number of para-hydroxylation sites is 1. The molecule has 1 saturated heterocycles. The van der Waals surface area contributed by atoms with Crippen LogP contribution in [0.15, 0.2) is 18.2 Å². The van der Waals surface area contributed by atoms with Crippen LogP contribution >= 0.6 is 0 Å². The predicted molar refractivity (Wildman–Crippen MR) is 92.7 cm³/mol. The molecule has 6 heteroatoms. The van der Waals surface area contributed by atoms with E-state index < -0.39 is 0 Å². The number of carbonyl (C=O) groups is 3. The molecule has 1 aliphatic heterocycles. The first-order chi connectivity index (χ1) is 11.6. The Bertz CT molecular complexity index is 585. The van der Waals surface area contributed by atoms with Crippen molar-refractivity contribution < 1.29 is 14.4 Å². The summed E-state index contributed by atoms with van der Waals surface area (Å²) in [5.74, 6) is -0.474. The van der Waals surface area contributed by atoms with Crippen molar-refractivity contribution >= 4 is 23.9 Å². The van der Waals surface area contributed by atoms with Crippen LogP contribution in [0.5, 0.6) is 0 Å². The van der Waals surface area contributed by atoms with E-state index in [1.807, 2.05) is 32.0 Å². The molecule has 1 N–H and O–H groups in total. The zero-order valence-corrected chi connectivity index (χ0v) is 14.4. The van der Waals surface area contributed by atoms with Crippen LogP contribution in [0, 0.1) is 0 Å². The van der Waals surface area contributed by atoms with E-state index in [0.29, 0.717) is 26.2 Å². The van der Waals surface area contributed by atoms with Crippen LogP contribution in [0.4, 0.5) is 5.69 Å².